The molecule has 1 atom stereocenters. The second-order valence-electron chi connectivity index (χ2n) is 8.10. The molecule has 3 rings (SSSR count). The lowest BCUT2D eigenvalue weighted by Crippen LogP contribution is -2.47. The minimum Gasteiger partial charge on any atom is -0.338 e. The number of nitrogens with one attached hydrogen (secondary N) is 1. The molecule has 1 aliphatic rings. The average Bonchev–Trinajstić information content (AvgIpc) is 2.72. The van der Waals surface area contributed by atoms with Crippen LogP contribution in [0.2, 0.25) is 0 Å². The van der Waals surface area contributed by atoms with Crippen LogP contribution >= 0.6 is 0 Å². The van der Waals surface area contributed by atoms with Crippen molar-refractivity contribution >= 4 is 11.8 Å². The van der Waals surface area contributed by atoms with E-state index in [1.807, 2.05) is 0 Å². The number of nitrogens with zero attached hydrogens (tertiary/aromatic N) is 1. The van der Waals surface area contributed by atoms with E-state index in [-0.39, 0.29) is 49.8 Å². The summed E-state index contributed by atoms with van der Waals surface area (Å²) in [5, 5.41) is 2.50. The molecule has 1 fully saturated rings. The number of alkyl halides is 6. The summed E-state index contributed by atoms with van der Waals surface area (Å²) in [7, 11) is 0. The summed E-state index contributed by atoms with van der Waals surface area (Å²) in [5.74, 6) is -0.555. The molecule has 1 saturated heterocycles. The van der Waals surface area contributed by atoms with Gasteiger partial charge in [-0.25, -0.2) is 9.18 Å². The van der Waals surface area contributed by atoms with Crippen LogP contribution in [0.3, 0.4) is 0 Å². The van der Waals surface area contributed by atoms with Gasteiger partial charge in [0, 0.05) is 25.9 Å². The fourth-order valence-electron chi connectivity index (χ4n) is 3.94. The number of carbonyl (C=O) groups excluding carboxylic acids is 2. The molecule has 0 saturated carbocycles. The van der Waals surface area contributed by atoms with E-state index >= 15 is 0 Å². The number of hydrogen-bond donors (Lipinski definition) is 1. The van der Waals surface area contributed by atoms with Gasteiger partial charge in [-0.15, -0.1) is 0 Å². The Morgan fingerprint density at radius 2 is 1.65 bits per heavy atom. The van der Waals surface area contributed by atoms with Gasteiger partial charge in [0.15, 0.2) is 0 Å². The molecule has 2 aromatic carbocycles. The van der Waals surface area contributed by atoms with Crippen molar-refractivity contribution in [3.05, 3.63) is 70.0 Å². The highest BCUT2D eigenvalue weighted by molar-refractivity contribution is 5.84. The quantitative estimate of drug-likeness (QED) is 0.549. The molecule has 0 unspecified atom stereocenters. The van der Waals surface area contributed by atoms with Crippen LogP contribution in [0.25, 0.3) is 0 Å². The number of likely N-dealkylation sites (tertiary alicyclic amines) is 1. The van der Waals surface area contributed by atoms with Gasteiger partial charge in [0.2, 0.25) is 0 Å². The predicted molar refractivity (Wildman–Crippen MR) is 108 cm³/mol. The first-order valence-corrected chi connectivity index (χ1v) is 10.4. The van der Waals surface area contributed by atoms with Crippen molar-refractivity contribution in [3.8, 4) is 0 Å². The molecule has 34 heavy (non-hydrogen) atoms. The Morgan fingerprint density at radius 3 is 2.21 bits per heavy atom. The largest absolute Gasteiger partial charge is 0.416 e. The number of rotatable bonds is 4. The summed E-state index contributed by atoms with van der Waals surface area (Å²) < 4.78 is 91.6. The standard InChI is InChI=1S/C23H21F7N2O2/c1-13-8-17(24)2-3-19(13)20-12-18(33)5-7-32(20)21(34)31-6-4-14-9-15(22(25,26)27)11-16(10-14)23(28,29)30/h2-3,8-11,20H,4-7,12H2,1H3,(H,31,34)/t20-/m1/s1. The Morgan fingerprint density at radius 1 is 1.03 bits per heavy atom. The van der Waals surface area contributed by atoms with Crippen molar-refractivity contribution in [2.45, 2.75) is 44.6 Å². The number of carbonyl (C=O) groups is 2. The Balaban J connectivity index is 1.74. The lowest BCUT2D eigenvalue weighted by Gasteiger charge is -2.36. The van der Waals surface area contributed by atoms with Crippen molar-refractivity contribution in [2.24, 2.45) is 0 Å². The van der Waals surface area contributed by atoms with Crippen LogP contribution in [-0.4, -0.2) is 29.8 Å². The molecule has 0 aromatic heterocycles. The van der Waals surface area contributed by atoms with E-state index in [1.165, 1.54) is 23.1 Å². The van der Waals surface area contributed by atoms with Gasteiger partial charge in [-0.1, -0.05) is 6.07 Å². The highest BCUT2D eigenvalue weighted by atomic mass is 19.4. The minimum atomic E-state index is -4.96. The van der Waals surface area contributed by atoms with E-state index in [1.54, 1.807) is 6.92 Å². The number of urea groups is 1. The van der Waals surface area contributed by atoms with E-state index in [2.05, 4.69) is 5.32 Å². The number of ketones is 1. The van der Waals surface area contributed by atoms with E-state index < -0.39 is 41.4 Å². The number of halogens is 7. The monoisotopic (exact) mass is 490 g/mol. The zero-order valence-corrected chi connectivity index (χ0v) is 18.0. The van der Waals surface area contributed by atoms with E-state index in [0.29, 0.717) is 23.3 Å². The van der Waals surface area contributed by atoms with Gasteiger partial charge in [0.05, 0.1) is 17.2 Å². The second-order valence-corrected chi connectivity index (χ2v) is 8.10. The van der Waals surface area contributed by atoms with Crippen LogP contribution in [0.5, 0.6) is 0 Å². The Hall–Kier alpha value is -3.11. The maximum atomic E-state index is 13.5. The van der Waals surface area contributed by atoms with Crippen molar-refractivity contribution in [1.82, 2.24) is 10.2 Å². The zero-order chi connectivity index (χ0) is 25.3. The van der Waals surface area contributed by atoms with Crippen LogP contribution in [0.15, 0.2) is 36.4 Å². The molecule has 1 N–H and O–H groups in total. The lowest BCUT2D eigenvalue weighted by molar-refractivity contribution is -0.143. The Bertz CT molecular complexity index is 1050. The summed E-state index contributed by atoms with van der Waals surface area (Å²) in [6.45, 7) is 1.49. The number of aryl methyl sites for hydroxylation is 1. The van der Waals surface area contributed by atoms with Gasteiger partial charge in [-0.2, -0.15) is 26.3 Å². The van der Waals surface area contributed by atoms with Gasteiger partial charge in [-0.3, -0.25) is 4.79 Å². The van der Waals surface area contributed by atoms with Crippen LogP contribution in [0.1, 0.15) is 46.7 Å². The van der Waals surface area contributed by atoms with Crippen LogP contribution in [-0.2, 0) is 23.6 Å². The summed E-state index contributed by atoms with van der Waals surface area (Å²) in [5.41, 5.74) is -1.96. The van der Waals surface area contributed by atoms with Gasteiger partial charge in [-0.05, 0) is 60.4 Å². The van der Waals surface area contributed by atoms with Gasteiger partial charge in [0.1, 0.15) is 11.6 Å². The number of piperidine rings is 1. The molecule has 2 amide bonds. The van der Waals surface area contributed by atoms with Gasteiger partial charge >= 0.3 is 18.4 Å². The second kappa shape index (κ2) is 9.63. The molecule has 1 heterocycles. The smallest absolute Gasteiger partial charge is 0.338 e. The zero-order valence-electron chi connectivity index (χ0n) is 18.0. The van der Waals surface area contributed by atoms with Crippen LogP contribution in [0, 0.1) is 12.7 Å². The Kier molecular flexibility index (Phi) is 7.23. The van der Waals surface area contributed by atoms with Crippen LogP contribution < -0.4 is 5.32 Å². The van der Waals surface area contributed by atoms with Gasteiger partial charge < -0.3 is 10.2 Å². The molecule has 4 nitrogen and oxygen atoms in total. The van der Waals surface area contributed by atoms with Crippen molar-refractivity contribution in [1.29, 1.82) is 0 Å². The van der Waals surface area contributed by atoms with Crippen molar-refractivity contribution in [2.75, 3.05) is 13.1 Å². The molecule has 2 aromatic rings. The molecule has 1 aliphatic heterocycles. The number of amides is 2. The van der Waals surface area contributed by atoms with E-state index in [4.69, 9.17) is 0 Å². The predicted octanol–water partition coefficient (Wildman–Crippen LogP) is 5.83. The third-order valence-electron chi connectivity index (χ3n) is 5.62. The van der Waals surface area contributed by atoms with Crippen LogP contribution in [0.4, 0.5) is 35.5 Å². The molecule has 0 spiro atoms. The first-order chi connectivity index (χ1) is 15.8. The Labute approximate surface area is 190 Å². The summed E-state index contributed by atoms with van der Waals surface area (Å²) in [6, 6.07) is 3.96. The highest BCUT2D eigenvalue weighted by Crippen LogP contribution is 2.36. The molecular weight excluding hydrogens is 469 g/mol. The lowest BCUT2D eigenvalue weighted by atomic mass is 9.92. The molecule has 11 heteroatoms. The fraction of sp³-hybridized carbons (Fsp3) is 0.391. The fourth-order valence-corrected chi connectivity index (χ4v) is 3.94. The summed E-state index contributed by atoms with van der Waals surface area (Å²) in [6.07, 6.45) is -10.1. The number of hydrogen-bond acceptors (Lipinski definition) is 2. The molecular formula is C23H21F7N2O2. The summed E-state index contributed by atoms with van der Waals surface area (Å²) >= 11 is 0. The molecule has 0 radical (unpaired) electrons. The van der Waals surface area contributed by atoms with E-state index in [9.17, 15) is 40.3 Å². The topological polar surface area (TPSA) is 49.4 Å². The van der Waals surface area contributed by atoms with Crippen molar-refractivity contribution in [3.63, 3.8) is 0 Å². The first-order valence-electron chi connectivity index (χ1n) is 10.4. The maximum absolute atomic E-state index is 13.5. The SMILES string of the molecule is Cc1cc(F)ccc1[C@H]1CC(=O)CCN1C(=O)NCCc1cc(C(F)(F)F)cc(C(F)(F)F)c1. The molecule has 0 aliphatic carbocycles. The normalized spacial score (nSPS) is 17.1. The van der Waals surface area contributed by atoms with Gasteiger partial charge in [0.25, 0.3) is 0 Å². The number of Topliss-reactive ketones (excluding diaryl/α,β-unsaturated/α-hetero) is 1. The van der Waals surface area contributed by atoms with E-state index in [0.717, 1.165) is 0 Å². The first kappa shape index (κ1) is 25.5. The maximum Gasteiger partial charge on any atom is 0.416 e. The highest BCUT2D eigenvalue weighted by Gasteiger charge is 2.37. The molecule has 0 bridgehead atoms. The third-order valence-corrected chi connectivity index (χ3v) is 5.62. The average molecular weight is 490 g/mol. The number of benzene rings is 2. The third kappa shape index (κ3) is 6.06. The molecule has 184 valence electrons. The summed E-state index contributed by atoms with van der Waals surface area (Å²) in [4.78, 5) is 26.2. The van der Waals surface area contributed by atoms with Crippen molar-refractivity contribution < 1.29 is 40.3 Å². The minimum absolute atomic E-state index is 0.0163.